The number of nitrogens with one attached hydrogen (secondary N) is 1. The molecule has 0 saturated carbocycles. The molecule has 2 N–H and O–H groups in total. The largest absolute Gasteiger partial charge is 0.480 e. The first-order chi connectivity index (χ1) is 7.11. The van der Waals surface area contributed by atoms with Crippen molar-refractivity contribution < 1.29 is 19.4 Å². The monoisotopic (exact) mass is 217 g/mol. The summed E-state index contributed by atoms with van der Waals surface area (Å²) in [5.41, 5.74) is 0. The Balaban J connectivity index is 3.84. The van der Waals surface area contributed by atoms with E-state index < -0.39 is 18.0 Å². The number of methoxy groups -OCH3 is 1. The van der Waals surface area contributed by atoms with Crippen LogP contribution in [0.2, 0.25) is 0 Å². The Morgan fingerprint density at radius 3 is 2.53 bits per heavy atom. The van der Waals surface area contributed by atoms with E-state index in [4.69, 9.17) is 5.11 Å². The highest BCUT2D eigenvalue weighted by atomic mass is 16.5. The summed E-state index contributed by atoms with van der Waals surface area (Å²) in [4.78, 5) is 21.6. The van der Waals surface area contributed by atoms with Gasteiger partial charge in [-0.3, -0.25) is 9.59 Å². The molecule has 5 heteroatoms. The molecule has 0 fully saturated rings. The third-order valence-corrected chi connectivity index (χ3v) is 2.07. The zero-order valence-corrected chi connectivity index (χ0v) is 9.28. The molecular formula is C10H19NO4. The average Bonchev–Trinajstić information content (AvgIpc) is 2.21. The molecule has 0 radical (unpaired) electrons. The molecule has 0 amide bonds. The van der Waals surface area contributed by atoms with E-state index in [1.165, 1.54) is 7.11 Å². The Kier molecular flexibility index (Phi) is 7.62. The van der Waals surface area contributed by atoms with Crippen LogP contribution in [0.15, 0.2) is 0 Å². The van der Waals surface area contributed by atoms with Gasteiger partial charge in [0.05, 0.1) is 13.5 Å². The Labute approximate surface area is 89.8 Å². The van der Waals surface area contributed by atoms with E-state index in [2.05, 4.69) is 17.0 Å². The molecule has 0 saturated heterocycles. The van der Waals surface area contributed by atoms with Crippen LogP contribution in [0.5, 0.6) is 0 Å². The lowest BCUT2D eigenvalue weighted by molar-refractivity contribution is -0.147. The molecule has 0 aromatic rings. The van der Waals surface area contributed by atoms with Crippen molar-refractivity contribution in [3.8, 4) is 0 Å². The van der Waals surface area contributed by atoms with Crippen LogP contribution in [0.1, 0.15) is 32.6 Å². The summed E-state index contributed by atoms with van der Waals surface area (Å²) < 4.78 is 4.42. The Morgan fingerprint density at radius 2 is 2.07 bits per heavy atom. The zero-order chi connectivity index (χ0) is 11.7. The third kappa shape index (κ3) is 6.90. The van der Waals surface area contributed by atoms with E-state index in [0.29, 0.717) is 6.54 Å². The topological polar surface area (TPSA) is 75.6 Å². The Hall–Kier alpha value is -1.10. The number of rotatable bonds is 8. The van der Waals surface area contributed by atoms with Crippen molar-refractivity contribution in [3.05, 3.63) is 0 Å². The van der Waals surface area contributed by atoms with Crippen LogP contribution in [0.4, 0.5) is 0 Å². The van der Waals surface area contributed by atoms with Gasteiger partial charge >= 0.3 is 11.9 Å². The molecule has 0 bridgehead atoms. The maximum absolute atomic E-state index is 10.9. The van der Waals surface area contributed by atoms with Crippen molar-refractivity contribution in [2.75, 3.05) is 13.7 Å². The number of esters is 1. The highest BCUT2D eigenvalue weighted by Crippen LogP contribution is 1.97. The summed E-state index contributed by atoms with van der Waals surface area (Å²) in [6.45, 7) is 2.69. The van der Waals surface area contributed by atoms with Crippen LogP contribution in [0.3, 0.4) is 0 Å². The number of carboxylic acids is 1. The van der Waals surface area contributed by atoms with Crippen LogP contribution in [-0.4, -0.2) is 36.7 Å². The van der Waals surface area contributed by atoms with Gasteiger partial charge in [-0.1, -0.05) is 19.8 Å². The normalized spacial score (nSPS) is 12.1. The molecule has 0 aromatic carbocycles. The quantitative estimate of drug-likeness (QED) is 0.464. The van der Waals surface area contributed by atoms with Crippen molar-refractivity contribution in [2.24, 2.45) is 0 Å². The molecular weight excluding hydrogens is 198 g/mol. The number of hydrogen-bond donors (Lipinski definition) is 2. The predicted octanol–water partition coefficient (Wildman–Crippen LogP) is 0.782. The first kappa shape index (κ1) is 13.9. The maximum atomic E-state index is 10.9. The van der Waals surface area contributed by atoms with Gasteiger partial charge in [-0.25, -0.2) is 0 Å². The van der Waals surface area contributed by atoms with Crippen molar-refractivity contribution in [1.29, 1.82) is 0 Å². The molecule has 0 spiro atoms. The number of aliphatic carboxylic acids is 1. The molecule has 15 heavy (non-hydrogen) atoms. The van der Waals surface area contributed by atoms with Gasteiger partial charge in [0, 0.05) is 0 Å². The fraction of sp³-hybridized carbons (Fsp3) is 0.800. The van der Waals surface area contributed by atoms with Crippen LogP contribution < -0.4 is 5.32 Å². The highest BCUT2D eigenvalue weighted by Gasteiger charge is 2.20. The number of unbranched alkanes of at least 4 members (excludes halogenated alkanes) is 2. The summed E-state index contributed by atoms with van der Waals surface area (Å²) in [5, 5.41) is 11.6. The lowest BCUT2D eigenvalue weighted by Gasteiger charge is -2.12. The van der Waals surface area contributed by atoms with Crippen molar-refractivity contribution in [2.45, 2.75) is 38.6 Å². The number of carboxylic acid groups (broad SMARTS) is 1. The van der Waals surface area contributed by atoms with E-state index >= 15 is 0 Å². The molecule has 0 aromatic heterocycles. The molecule has 0 rings (SSSR count). The van der Waals surface area contributed by atoms with E-state index in [1.54, 1.807) is 0 Å². The Morgan fingerprint density at radius 1 is 1.40 bits per heavy atom. The van der Waals surface area contributed by atoms with Gasteiger partial charge in [-0.15, -0.1) is 0 Å². The molecule has 1 unspecified atom stereocenters. The Bertz CT molecular complexity index is 206. The molecule has 0 aliphatic rings. The zero-order valence-electron chi connectivity index (χ0n) is 9.28. The molecule has 1 atom stereocenters. The molecule has 0 heterocycles. The lowest BCUT2D eigenvalue weighted by Crippen LogP contribution is -2.39. The second-order valence-corrected chi connectivity index (χ2v) is 3.33. The van der Waals surface area contributed by atoms with Crippen LogP contribution in [0.25, 0.3) is 0 Å². The second kappa shape index (κ2) is 8.23. The smallest absolute Gasteiger partial charge is 0.321 e. The highest BCUT2D eigenvalue weighted by molar-refractivity contribution is 5.81. The third-order valence-electron chi connectivity index (χ3n) is 2.07. The molecule has 88 valence electrons. The summed E-state index contributed by atoms with van der Waals surface area (Å²) in [7, 11) is 1.25. The van der Waals surface area contributed by atoms with Gasteiger partial charge in [0.15, 0.2) is 0 Å². The number of carbonyl (C=O) groups excluding carboxylic acids is 1. The average molecular weight is 217 g/mol. The van der Waals surface area contributed by atoms with Crippen molar-refractivity contribution >= 4 is 11.9 Å². The van der Waals surface area contributed by atoms with Crippen LogP contribution >= 0.6 is 0 Å². The standard InChI is InChI=1S/C10H19NO4/c1-3-4-5-6-11-8(10(13)14)7-9(12)15-2/h8,11H,3-7H2,1-2H3,(H,13,14). The van der Waals surface area contributed by atoms with E-state index in [-0.39, 0.29) is 6.42 Å². The number of hydrogen-bond acceptors (Lipinski definition) is 4. The van der Waals surface area contributed by atoms with Crippen molar-refractivity contribution in [3.63, 3.8) is 0 Å². The summed E-state index contributed by atoms with van der Waals surface area (Å²) in [6.07, 6.45) is 2.92. The molecule has 0 aliphatic heterocycles. The van der Waals surface area contributed by atoms with Gasteiger partial charge in [0.25, 0.3) is 0 Å². The van der Waals surface area contributed by atoms with Gasteiger partial charge in [0.2, 0.25) is 0 Å². The number of ether oxygens (including phenoxy) is 1. The first-order valence-electron chi connectivity index (χ1n) is 5.14. The second-order valence-electron chi connectivity index (χ2n) is 3.33. The fourth-order valence-electron chi connectivity index (χ4n) is 1.15. The minimum absolute atomic E-state index is 0.127. The summed E-state index contributed by atoms with van der Waals surface area (Å²) in [5.74, 6) is -1.53. The lowest BCUT2D eigenvalue weighted by atomic mass is 10.2. The van der Waals surface area contributed by atoms with Crippen molar-refractivity contribution in [1.82, 2.24) is 5.32 Å². The van der Waals surface area contributed by atoms with Gasteiger partial charge in [0.1, 0.15) is 6.04 Å². The molecule has 5 nitrogen and oxygen atoms in total. The SMILES string of the molecule is CCCCCNC(CC(=O)OC)C(=O)O. The van der Waals surface area contributed by atoms with Gasteiger partial charge in [-0.05, 0) is 13.0 Å². The fourth-order valence-corrected chi connectivity index (χ4v) is 1.15. The van der Waals surface area contributed by atoms with Crippen LogP contribution in [-0.2, 0) is 14.3 Å². The van der Waals surface area contributed by atoms with Gasteiger partial charge in [-0.2, -0.15) is 0 Å². The van der Waals surface area contributed by atoms with Gasteiger partial charge < -0.3 is 15.2 Å². The van der Waals surface area contributed by atoms with E-state index in [1.807, 2.05) is 0 Å². The minimum Gasteiger partial charge on any atom is -0.480 e. The summed E-state index contributed by atoms with van der Waals surface area (Å²) >= 11 is 0. The van der Waals surface area contributed by atoms with Crippen LogP contribution in [0, 0.1) is 0 Å². The minimum atomic E-state index is -1.02. The number of carbonyl (C=O) groups is 2. The van der Waals surface area contributed by atoms with E-state index in [0.717, 1.165) is 19.3 Å². The van der Waals surface area contributed by atoms with E-state index in [9.17, 15) is 9.59 Å². The first-order valence-corrected chi connectivity index (χ1v) is 5.14. The summed E-state index contributed by atoms with van der Waals surface area (Å²) in [6, 6.07) is -0.839. The maximum Gasteiger partial charge on any atom is 0.321 e. The molecule has 0 aliphatic carbocycles. The predicted molar refractivity (Wildman–Crippen MR) is 55.6 cm³/mol.